The fourth-order valence-corrected chi connectivity index (χ4v) is 5.85. The molecule has 1 aliphatic heterocycles. The van der Waals surface area contributed by atoms with Gasteiger partial charge in [0.1, 0.15) is 0 Å². The zero-order valence-corrected chi connectivity index (χ0v) is 12.2. The lowest BCUT2D eigenvalue weighted by molar-refractivity contribution is -0.178. The number of fused-ring (bicyclic) bond motifs is 2. The van der Waals surface area contributed by atoms with E-state index in [9.17, 15) is 0 Å². The summed E-state index contributed by atoms with van der Waals surface area (Å²) < 4.78 is 6.00. The Morgan fingerprint density at radius 2 is 2.11 bits per heavy atom. The first-order valence-electron chi connectivity index (χ1n) is 7.74. The first-order valence-corrected chi connectivity index (χ1v) is 9.03. The molecule has 0 aromatic carbocycles. The maximum atomic E-state index is 6.00. The third-order valence-electron chi connectivity index (χ3n) is 6.17. The number of nitrogens with one attached hydrogen (secondary N) is 1. The van der Waals surface area contributed by atoms with Crippen LogP contribution in [0.2, 0.25) is 0 Å². The summed E-state index contributed by atoms with van der Waals surface area (Å²) in [7, 11) is 0. The van der Waals surface area contributed by atoms with Crippen molar-refractivity contribution in [2.75, 3.05) is 12.9 Å². The average molecular weight is 267 g/mol. The Labute approximate surface area is 115 Å². The van der Waals surface area contributed by atoms with Crippen LogP contribution in [-0.2, 0) is 4.74 Å². The zero-order chi connectivity index (χ0) is 12.2. The van der Waals surface area contributed by atoms with Gasteiger partial charge in [-0.3, -0.25) is 0 Å². The Kier molecular flexibility index (Phi) is 2.94. The van der Waals surface area contributed by atoms with E-state index in [-0.39, 0.29) is 0 Å². The minimum absolute atomic E-state index is 0.568. The number of ether oxygens (including phenoxy) is 1. The van der Waals surface area contributed by atoms with Crippen LogP contribution in [0.15, 0.2) is 0 Å². The fourth-order valence-electron chi connectivity index (χ4n) is 5.05. The summed E-state index contributed by atoms with van der Waals surface area (Å²) in [5.41, 5.74) is 0.568. The van der Waals surface area contributed by atoms with E-state index < -0.39 is 0 Å². The molecule has 4 aliphatic rings. The van der Waals surface area contributed by atoms with Crippen LogP contribution in [0, 0.1) is 11.3 Å². The Hall–Kier alpha value is 0.270. The lowest BCUT2D eigenvalue weighted by atomic mass is 9.46. The number of hydrogen-bond donors (Lipinski definition) is 1. The van der Waals surface area contributed by atoms with Gasteiger partial charge in [-0.25, -0.2) is 0 Å². The molecule has 3 aliphatic carbocycles. The lowest BCUT2D eigenvalue weighted by Crippen LogP contribution is -2.72. The molecule has 4 fully saturated rings. The lowest BCUT2D eigenvalue weighted by Gasteiger charge is -2.64. The third kappa shape index (κ3) is 1.56. The van der Waals surface area contributed by atoms with Crippen LogP contribution in [0.4, 0.5) is 0 Å². The van der Waals surface area contributed by atoms with Gasteiger partial charge < -0.3 is 10.1 Å². The molecular weight excluding hydrogens is 242 g/mol. The highest BCUT2D eigenvalue weighted by Crippen LogP contribution is 2.63. The van der Waals surface area contributed by atoms with E-state index in [4.69, 9.17) is 4.74 Å². The van der Waals surface area contributed by atoms with E-state index in [0.29, 0.717) is 11.5 Å². The van der Waals surface area contributed by atoms with Gasteiger partial charge in [0, 0.05) is 35.3 Å². The predicted molar refractivity (Wildman–Crippen MR) is 76.0 cm³/mol. The molecule has 1 spiro atoms. The Morgan fingerprint density at radius 1 is 1.22 bits per heavy atom. The van der Waals surface area contributed by atoms with Crippen LogP contribution in [0.1, 0.15) is 44.9 Å². The molecule has 4 rings (SSSR count). The van der Waals surface area contributed by atoms with Crippen LogP contribution >= 0.6 is 11.8 Å². The SMILES string of the molecule is CSC1CCC(NC2C3CCOC3C23CCC3)C1. The molecule has 102 valence electrons. The van der Waals surface area contributed by atoms with Crippen LogP contribution in [0.3, 0.4) is 0 Å². The summed E-state index contributed by atoms with van der Waals surface area (Å²) in [5.74, 6) is 0.846. The largest absolute Gasteiger partial charge is 0.377 e. The van der Waals surface area contributed by atoms with Crippen molar-refractivity contribution in [1.29, 1.82) is 0 Å². The Balaban J connectivity index is 1.42. The molecule has 0 aromatic heterocycles. The van der Waals surface area contributed by atoms with Crippen LogP contribution in [0.25, 0.3) is 0 Å². The maximum Gasteiger partial charge on any atom is 0.0690 e. The number of rotatable bonds is 3. The summed E-state index contributed by atoms with van der Waals surface area (Å²) >= 11 is 2.06. The van der Waals surface area contributed by atoms with Crippen molar-refractivity contribution in [2.24, 2.45) is 11.3 Å². The summed E-state index contributed by atoms with van der Waals surface area (Å²) in [5, 5.41) is 4.96. The number of thioether (sulfide) groups is 1. The monoisotopic (exact) mass is 267 g/mol. The van der Waals surface area contributed by atoms with Crippen molar-refractivity contribution in [3.8, 4) is 0 Å². The second-order valence-electron chi connectivity index (χ2n) is 6.84. The van der Waals surface area contributed by atoms with Gasteiger partial charge in [-0.1, -0.05) is 6.42 Å². The summed E-state index contributed by atoms with van der Waals surface area (Å²) in [6.45, 7) is 1.02. The maximum absolute atomic E-state index is 6.00. The van der Waals surface area contributed by atoms with Gasteiger partial charge in [-0.2, -0.15) is 11.8 Å². The van der Waals surface area contributed by atoms with Crippen molar-refractivity contribution in [2.45, 2.75) is 68.4 Å². The highest BCUT2D eigenvalue weighted by molar-refractivity contribution is 7.99. The highest BCUT2D eigenvalue weighted by Gasteiger charge is 2.66. The third-order valence-corrected chi connectivity index (χ3v) is 7.26. The molecule has 18 heavy (non-hydrogen) atoms. The van der Waals surface area contributed by atoms with Crippen LogP contribution < -0.4 is 5.32 Å². The van der Waals surface area contributed by atoms with E-state index in [1.165, 1.54) is 44.9 Å². The molecule has 2 nitrogen and oxygen atoms in total. The predicted octanol–water partition coefficient (Wildman–Crippen LogP) is 2.82. The first-order chi connectivity index (χ1) is 8.83. The topological polar surface area (TPSA) is 21.3 Å². The molecule has 5 atom stereocenters. The minimum Gasteiger partial charge on any atom is -0.377 e. The van der Waals surface area contributed by atoms with Crippen molar-refractivity contribution < 1.29 is 4.74 Å². The van der Waals surface area contributed by atoms with Crippen molar-refractivity contribution in [3.63, 3.8) is 0 Å². The molecule has 1 heterocycles. The van der Waals surface area contributed by atoms with Gasteiger partial charge in [0.25, 0.3) is 0 Å². The van der Waals surface area contributed by atoms with E-state index in [1.807, 2.05) is 0 Å². The van der Waals surface area contributed by atoms with Crippen molar-refractivity contribution >= 4 is 11.8 Å². The molecule has 3 saturated carbocycles. The summed E-state index contributed by atoms with van der Waals surface area (Å²) in [4.78, 5) is 0. The molecule has 5 unspecified atom stereocenters. The molecule has 0 amide bonds. The second-order valence-corrected chi connectivity index (χ2v) is 7.98. The van der Waals surface area contributed by atoms with E-state index >= 15 is 0 Å². The van der Waals surface area contributed by atoms with Gasteiger partial charge in [0.05, 0.1) is 6.10 Å². The van der Waals surface area contributed by atoms with Crippen molar-refractivity contribution in [3.05, 3.63) is 0 Å². The molecule has 0 bridgehead atoms. The molecule has 0 radical (unpaired) electrons. The quantitative estimate of drug-likeness (QED) is 0.849. The summed E-state index contributed by atoms with van der Waals surface area (Å²) in [6, 6.07) is 1.59. The first kappa shape index (κ1) is 12.0. The van der Waals surface area contributed by atoms with Gasteiger partial charge in [0.2, 0.25) is 0 Å². The molecule has 1 N–H and O–H groups in total. The Morgan fingerprint density at radius 3 is 2.78 bits per heavy atom. The van der Waals surface area contributed by atoms with E-state index in [1.54, 1.807) is 0 Å². The second kappa shape index (κ2) is 4.39. The van der Waals surface area contributed by atoms with Crippen LogP contribution in [-0.4, -0.2) is 36.3 Å². The standard InChI is InChI=1S/C15H25NOS/c1-18-11-4-3-10(9-11)16-13-12-5-8-17-14(12)15(13)6-2-7-15/h10-14,16H,2-9H2,1H3. The van der Waals surface area contributed by atoms with Gasteiger partial charge in [0.15, 0.2) is 0 Å². The van der Waals surface area contributed by atoms with Gasteiger partial charge in [-0.15, -0.1) is 0 Å². The zero-order valence-electron chi connectivity index (χ0n) is 11.4. The molecule has 1 saturated heterocycles. The van der Waals surface area contributed by atoms with Crippen LogP contribution in [0.5, 0.6) is 0 Å². The van der Waals surface area contributed by atoms with E-state index in [0.717, 1.165) is 29.9 Å². The number of hydrogen-bond acceptors (Lipinski definition) is 3. The normalized spacial score (nSPS) is 48.8. The molecular formula is C15H25NOS. The smallest absolute Gasteiger partial charge is 0.0690 e. The van der Waals surface area contributed by atoms with Crippen molar-refractivity contribution in [1.82, 2.24) is 5.32 Å². The average Bonchev–Trinajstić information content (AvgIpc) is 2.91. The molecule has 3 heteroatoms. The molecule has 0 aromatic rings. The fraction of sp³-hybridized carbons (Fsp3) is 1.00. The van der Waals surface area contributed by atoms with Gasteiger partial charge >= 0.3 is 0 Å². The highest BCUT2D eigenvalue weighted by atomic mass is 32.2. The minimum atomic E-state index is 0.568. The summed E-state index contributed by atoms with van der Waals surface area (Å²) in [6.07, 6.45) is 12.7. The van der Waals surface area contributed by atoms with Gasteiger partial charge in [-0.05, 0) is 44.8 Å². The Bertz CT molecular complexity index is 330. The van der Waals surface area contributed by atoms with E-state index in [2.05, 4.69) is 23.3 Å².